The summed E-state index contributed by atoms with van der Waals surface area (Å²) in [6.07, 6.45) is 0. The molecule has 50 valence electrons. The maximum absolute atomic E-state index is 5.64. The van der Waals surface area contributed by atoms with E-state index in [1.807, 2.05) is 20.8 Å². The van der Waals surface area contributed by atoms with E-state index in [4.69, 9.17) is 10.5 Å². The van der Waals surface area contributed by atoms with Crippen LogP contribution in [0.1, 0.15) is 20.8 Å². The summed E-state index contributed by atoms with van der Waals surface area (Å²) in [7, 11) is 1.62. The number of rotatable bonds is 2. The van der Waals surface area contributed by atoms with Gasteiger partial charge < -0.3 is 10.5 Å². The first kappa shape index (κ1) is 7.92. The average molecular weight is 117 g/mol. The van der Waals surface area contributed by atoms with Crippen molar-refractivity contribution in [3.05, 3.63) is 0 Å². The summed E-state index contributed by atoms with van der Waals surface area (Å²) >= 11 is 0. The standard InChI is InChI=1S/C6H15NO/c1-5(2)6(3,7)8-4/h5H,7H2,1-4H3. The zero-order valence-corrected chi connectivity index (χ0v) is 6.06. The van der Waals surface area contributed by atoms with Crippen molar-refractivity contribution >= 4 is 0 Å². The van der Waals surface area contributed by atoms with Crippen LogP contribution in [0.15, 0.2) is 0 Å². The molecule has 0 bridgehead atoms. The predicted octanol–water partition coefficient (Wildman–Crippen LogP) is 0.964. The molecule has 0 saturated carbocycles. The molecule has 0 saturated heterocycles. The minimum atomic E-state index is -0.458. The second-order valence-corrected chi connectivity index (χ2v) is 2.54. The molecule has 0 spiro atoms. The number of ether oxygens (including phenoxy) is 1. The van der Waals surface area contributed by atoms with Gasteiger partial charge in [0.15, 0.2) is 0 Å². The Hall–Kier alpha value is -0.0800. The molecule has 0 fully saturated rings. The summed E-state index contributed by atoms with van der Waals surface area (Å²) < 4.78 is 4.98. The maximum Gasteiger partial charge on any atom is 0.115 e. The Morgan fingerprint density at radius 2 is 1.88 bits per heavy atom. The van der Waals surface area contributed by atoms with Crippen molar-refractivity contribution in [2.75, 3.05) is 7.11 Å². The summed E-state index contributed by atoms with van der Waals surface area (Å²) in [4.78, 5) is 0. The third-order valence-corrected chi connectivity index (χ3v) is 1.59. The second kappa shape index (κ2) is 2.46. The van der Waals surface area contributed by atoms with E-state index < -0.39 is 5.72 Å². The molecule has 2 nitrogen and oxygen atoms in total. The summed E-state index contributed by atoms with van der Waals surface area (Å²) in [5.41, 5.74) is 5.18. The smallest absolute Gasteiger partial charge is 0.115 e. The van der Waals surface area contributed by atoms with Crippen LogP contribution in [0, 0.1) is 5.92 Å². The van der Waals surface area contributed by atoms with Crippen molar-refractivity contribution in [3.8, 4) is 0 Å². The molecule has 0 aromatic carbocycles. The van der Waals surface area contributed by atoms with Crippen LogP contribution < -0.4 is 5.73 Å². The summed E-state index contributed by atoms with van der Waals surface area (Å²) in [5, 5.41) is 0. The monoisotopic (exact) mass is 117 g/mol. The summed E-state index contributed by atoms with van der Waals surface area (Å²) in [6.45, 7) is 5.94. The van der Waals surface area contributed by atoms with Gasteiger partial charge >= 0.3 is 0 Å². The molecule has 0 radical (unpaired) electrons. The van der Waals surface area contributed by atoms with Crippen molar-refractivity contribution in [1.82, 2.24) is 0 Å². The van der Waals surface area contributed by atoms with Crippen LogP contribution in [0.2, 0.25) is 0 Å². The van der Waals surface area contributed by atoms with Gasteiger partial charge in [0, 0.05) is 7.11 Å². The molecule has 1 unspecified atom stereocenters. The maximum atomic E-state index is 5.64. The highest BCUT2D eigenvalue weighted by Gasteiger charge is 2.20. The van der Waals surface area contributed by atoms with Crippen LogP contribution in [-0.2, 0) is 4.74 Å². The molecule has 0 aliphatic heterocycles. The topological polar surface area (TPSA) is 35.2 Å². The lowest BCUT2D eigenvalue weighted by atomic mass is 10.0. The molecular formula is C6H15NO. The lowest BCUT2D eigenvalue weighted by Gasteiger charge is -2.26. The van der Waals surface area contributed by atoms with Gasteiger partial charge in [0.25, 0.3) is 0 Å². The Balaban J connectivity index is 3.71. The van der Waals surface area contributed by atoms with Gasteiger partial charge in [-0.3, -0.25) is 0 Å². The van der Waals surface area contributed by atoms with E-state index in [2.05, 4.69) is 0 Å². The minimum absolute atomic E-state index is 0.368. The van der Waals surface area contributed by atoms with Gasteiger partial charge in [-0.25, -0.2) is 0 Å². The quantitative estimate of drug-likeness (QED) is 0.547. The molecule has 1 atom stereocenters. The fraction of sp³-hybridized carbons (Fsp3) is 1.00. The Morgan fingerprint density at radius 3 is 1.88 bits per heavy atom. The number of hydrogen-bond donors (Lipinski definition) is 1. The first-order valence-corrected chi connectivity index (χ1v) is 2.84. The summed E-state index contributed by atoms with van der Waals surface area (Å²) in [6, 6.07) is 0. The Labute approximate surface area is 51.0 Å². The van der Waals surface area contributed by atoms with Crippen molar-refractivity contribution in [1.29, 1.82) is 0 Å². The van der Waals surface area contributed by atoms with E-state index in [0.29, 0.717) is 5.92 Å². The highest BCUT2D eigenvalue weighted by molar-refractivity contribution is 4.68. The third-order valence-electron chi connectivity index (χ3n) is 1.59. The Morgan fingerprint density at radius 1 is 1.50 bits per heavy atom. The summed E-state index contributed by atoms with van der Waals surface area (Å²) in [5.74, 6) is 0.368. The van der Waals surface area contributed by atoms with Crippen LogP contribution in [0.3, 0.4) is 0 Å². The highest BCUT2D eigenvalue weighted by Crippen LogP contribution is 2.11. The molecule has 2 heteroatoms. The normalized spacial score (nSPS) is 18.8. The van der Waals surface area contributed by atoms with E-state index in [0.717, 1.165) is 0 Å². The number of hydrogen-bond acceptors (Lipinski definition) is 2. The van der Waals surface area contributed by atoms with Gasteiger partial charge in [-0.2, -0.15) is 0 Å². The van der Waals surface area contributed by atoms with Crippen LogP contribution >= 0.6 is 0 Å². The molecule has 0 aliphatic carbocycles. The molecule has 0 aromatic rings. The highest BCUT2D eigenvalue weighted by atomic mass is 16.5. The zero-order valence-electron chi connectivity index (χ0n) is 6.06. The average Bonchev–Trinajstić information content (AvgIpc) is 1.67. The fourth-order valence-electron chi connectivity index (χ4n) is 0.236. The van der Waals surface area contributed by atoms with Crippen LogP contribution in [0.5, 0.6) is 0 Å². The molecule has 0 amide bonds. The van der Waals surface area contributed by atoms with E-state index in [1.54, 1.807) is 7.11 Å². The number of methoxy groups -OCH3 is 1. The molecule has 0 heterocycles. The third kappa shape index (κ3) is 1.80. The lowest BCUT2D eigenvalue weighted by molar-refractivity contribution is -0.0265. The lowest BCUT2D eigenvalue weighted by Crippen LogP contribution is -2.43. The molecule has 8 heavy (non-hydrogen) atoms. The van der Waals surface area contributed by atoms with Gasteiger partial charge in [0.2, 0.25) is 0 Å². The van der Waals surface area contributed by atoms with Gasteiger partial charge in [0.05, 0.1) is 0 Å². The fourth-order valence-corrected chi connectivity index (χ4v) is 0.236. The van der Waals surface area contributed by atoms with E-state index in [1.165, 1.54) is 0 Å². The predicted molar refractivity (Wildman–Crippen MR) is 34.4 cm³/mol. The van der Waals surface area contributed by atoms with Gasteiger partial charge in [-0.05, 0) is 12.8 Å². The minimum Gasteiger partial charge on any atom is -0.364 e. The first-order chi connectivity index (χ1) is 3.50. The molecule has 2 N–H and O–H groups in total. The van der Waals surface area contributed by atoms with Crippen LogP contribution in [0.25, 0.3) is 0 Å². The Kier molecular flexibility index (Phi) is 2.44. The van der Waals surface area contributed by atoms with E-state index >= 15 is 0 Å². The number of nitrogens with two attached hydrogens (primary N) is 1. The van der Waals surface area contributed by atoms with E-state index in [-0.39, 0.29) is 0 Å². The van der Waals surface area contributed by atoms with Crippen molar-refractivity contribution in [2.45, 2.75) is 26.5 Å². The van der Waals surface area contributed by atoms with Crippen molar-refractivity contribution < 1.29 is 4.74 Å². The first-order valence-electron chi connectivity index (χ1n) is 2.84. The molecule has 0 aromatic heterocycles. The molecule has 0 rings (SSSR count). The van der Waals surface area contributed by atoms with Crippen molar-refractivity contribution in [3.63, 3.8) is 0 Å². The van der Waals surface area contributed by atoms with E-state index in [9.17, 15) is 0 Å². The van der Waals surface area contributed by atoms with Gasteiger partial charge in [-0.15, -0.1) is 0 Å². The van der Waals surface area contributed by atoms with Gasteiger partial charge in [0.1, 0.15) is 5.72 Å². The largest absolute Gasteiger partial charge is 0.364 e. The van der Waals surface area contributed by atoms with Crippen molar-refractivity contribution in [2.24, 2.45) is 11.7 Å². The Bertz CT molecular complexity index is 68.9. The molecular weight excluding hydrogens is 102 g/mol. The molecule has 0 aliphatic rings. The van der Waals surface area contributed by atoms with Gasteiger partial charge in [-0.1, -0.05) is 13.8 Å². The second-order valence-electron chi connectivity index (χ2n) is 2.54. The van der Waals surface area contributed by atoms with Crippen LogP contribution in [0.4, 0.5) is 0 Å². The zero-order chi connectivity index (χ0) is 6.78. The van der Waals surface area contributed by atoms with Crippen LogP contribution in [-0.4, -0.2) is 12.8 Å². The SMILES string of the molecule is COC(C)(N)C(C)C.